The van der Waals surface area contributed by atoms with E-state index >= 15 is 0 Å². The summed E-state index contributed by atoms with van der Waals surface area (Å²) in [5.41, 5.74) is 0.510. The van der Waals surface area contributed by atoms with Crippen LogP contribution in [-0.4, -0.2) is 62.1 Å². The van der Waals surface area contributed by atoms with Crippen LogP contribution >= 0.6 is 11.3 Å². The van der Waals surface area contributed by atoms with E-state index in [0.29, 0.717) is 62.9 Å². The van der Waals surface area contributed by atoms with E-state index in [9.17, 15) is 14.4 Å². The van der Waals surface area contributed by atoms with Gasteiger partial charge < -0.3 is 20.1 Å². The number of hydrogen-bond donors (Lipinski definition) is 3. The van der Waals surface area contributed by atoms with Gasteiger partial charge in [0, 0.05) is 29.1 Å². The van der Waals surface area contributed by atoms with Crippen molar-refractivity contribution in [1.29, 1.82) is 0 Å². The number of nitrogens with one attached hydrogen (secondary N) is 3. The van der Waals surface area contributed by atoms with Crippen LogP contribution in [0.4, 0.5) is 10.5 Å². The summed E-state index contributed by atoms with van der Waals surface area (Å²) in [6.45, 7) is 2.98. The predicted octanol–water partition coefficient (Wildman–Crippen LogP) is 2.24. The molecule has 2 aliphatic rings. The number of carbonyl (C=O) groups excluding carboxylic acids is 3. The average molecular weight is 473 g/mol. The van der Waals surface area contributed by atoms with Crippen molar-refractivity contribution < 1.29 is 23.9 Å². The fraction of sp³-hybridized carbons (Fsp3) is 0.435. The standard InChI is InChI=1S/C23H28N4O5S/c28-21(26-23(30)25-17-3-4-19-20(14-17)32-12-11-31-19)15-27-9-6-16(7-10-27)22(29)24-8-5-18-2-1-13-33-18/h1-4,13-14,16H,5-12,15H2,(H,24,29)(H2,25,26,28,30). The van der Waals surface area contributed by atoms with E-state index in [1.165, 1.54) is 4.88 Å². The van der Waals surface area contributed by atoms with Gasteiger partial charge in [0.15, 0.2) is 11.5 Å². The lowest BCUT2D eigenvalue weighted by Crippen LogP contribution is -2.46. The molecule has 2 aliphatic heterocycles. The molecule has 10 heteroatoms. The molecule has 0 saturated carbocycles. The quantitative estimate of drug-likeness (QED) is 0.570. The Morgan fingerprint density at radius 2 is 1.85 bits per heavy atom. The molecular weight excluding hydrogens is 444 g/mol. The highest BCUT2D eigenvalue weighted by atomic mass is 32.1. The van der Waals surface area contributed by atoms with Crippen LogP contribution in [0, 0.1) is 5.92 Å². The minimum absolute atomic E-state index is 0.0360. The van der Waals surface area contributed by atoms with E-state index < -0.39 is 6.03 Å². The number of piperidine rings is 1. The first-order chi connectivity index (χ1) is 16.1. The maximum Gasteiger partial charge on any atom is 0.325 e. The Morgan fingerprint density at radius 1 is 1.06 bits per heavy atom. The second kappa shape index (κ2) is 11.2. The van der Waals surface area contributed by atoms with Crippen molar-refractivity contribution in [3.05, 3.63) is 40.6 Å². The molecule has 1 aromatic heterocycles. The molecule has 3 heterocycles. The second-order valence-electron chi connectivity index (χ2n) is 8.03. The number of imide groups is 1. The van der Waals surface area contributed by atoms with Gasteiger partial charge in [-0.15, -0.1) is 11.3 Å². The van der Waals surface area contributed by atoms with Crippen molar-refractivity contribution in [1.82, 2.24) is 15.5 Å². The van der Waals surface area contributed by atoms with E-state index in [0.717, 1.165) is 6.42 Å². The van der Waals surface area contributed by atoms with E-state index in [-0.39, 0.29) is 24.3 Å². The number of likely N-dealkylation sites (tertiary alicyclic amines) is 1. The third kappa shape index (κ3) is 6.69. The molecule has 0 radical (unpaired) electrons. The van der Waals surface area contributed by atoms with Gasteiger partial charge in [0.2, 0.25) is 11.8 Å². The largest absolute Gasteiger partial charge is 0.486 e. The molecule has 1 saturated heterocycles. The summed E-state index contributed by atoms with van der Waals surface area (Å²) in [4.78, 5) is 40.1. The molecule has 0 unspecified atom stereocenters. The van der Waals surface area contributed by atoms with Gasteiger partial charge in [-0.05, 0) is 55.9 Å². The second-order valence-corrected chi connectivity index (χ2v) is 9.06. The Labute approximate surface area is 196 Å². The minimum Gasteiger partial charge on any atom is -0.486 e. The summed E-state index contributed by atoms with van der Waals surface area (Å²) >= 11 is 1.69. The van der Waals surface area contributed by atoms with Gasteiger partial charge in [0.1, 0.15) is 13.2 Å². The Kier molecular flexibility index (Phi) is 7.79. The molecular formula is C23H28N4O5S. The molecule has 1 fully saturated rings. The van der Waals surface area contributed by atoms with Crippen LogP contribution in [0.25, 0.3) is 0 Å². The molecule has 9 nitrogen and oxygen atoms in total. The van der Waals surface area contributed by atoms with Crippen molar-refractivity contribution in [2.24, 2.45) is 5.92 Å². The maximum atomic E-state index is 12.4. The molecule has 0 spiro atoms. The summed E-state index contributed by atoms with van der Waals surface area (Å²) in [5.74, 6) is 0.844. The molecule has 0 aliphatic carbocycles. The number of rotatable bonds is 7. The highest BCUT2D eigenvalue weighted by molar-refractivity contribution is 7.09. The highest BCUT2D eigenvalue weighted by Crippen LogP contribution is 2.32. The van der Waals surface area contributed by atoms with Crippen LogP contribution in [-0.2, 0) is 16.0 Å². The summed E-state index contributed by atoms with van der Waals surface area (Å²) in [6, 6.07) is 8.54. The van der Waals surface area contributed by atoms with E-state index in [2.05, 4.69) is 22.0 Å². The number of ether oxygens (including phenoxy) is 2. The molecule has 0 bridgehead atoms. The fourth-order valence-electron chi connectivity index (χ4n) is 3.91. The zero-order chi connectivity index (χ0) is 23.0. The first kappa shape index (κ1) is 23.1. The monoisotopic (exact) mass is 472 g/mol. The van der Waals surface area contributed by atoms with Gasteiger partial charge in [0.05, 0.1) is 6.54 Å². The van der Waals surface area contributed by atoms with Gasteiger partial charge in [-0.2, -0.15) is 0 Å². The number of nitrogens with zero attached hydrogens (tertiary/aromatic N) is 1. The maximum absolute atomic E-state index is 12.4. The summed E-state index contributed by atoms with van der Waals surface area (Å²) in [6.07, 6.45) is 2.24. The first-order valence-electron chi connectivity index (χ1n) is 11.1. The Hall–Kier alpha value is -3.11. The normalized spacial score (nSPS) is 16.1. The number of anilines is 1. The van der Waals surface area contributed by atoms with Gasteiger partial charge >= 0.3 is 6.03 Å². The molecule has 4 amide bonds. The number of amides is 4. The van der Waals surface area contributed by atoms with Gasteiger partial charge in [-0.3, -0.25) is 19.8 Å². The number of hydrogen-bond acceptors (Lipinski definition) is 7. The molecule has 1 aromatic carbocycles. The van der Waals surface area contributed by atoms with Gasteiger partial charge in [-0.25, -0.2) is 4.79 Å². The summed E-state index contributed by atoms with van der Waals surface area (Å²) in [5, 5.41) is 10.0. The van der Waals surface area contributed by atoms with Crippen LogP contribution in [0.5, 0.6) is 11.5 Å². The third-order valence-electron chi connectivity index (χ3n) is 5.63. The van der Waals surface area contributed by atoms with Crippen molar-refractivity contribution in [2.75, 3.05) is 44.7 Å². The fourth-order valence-corrected chi connectivity index (χ4v) is 4.62. The van der Waals surface area contributed by atoms with Crippen molar-refractivity contribution in [3.63, 3.8) is 0 Å². The van der Waals surface area contributed by atoms with Crippen LogP contribution in [0.15, 0.2) is 35.7 Å². The van der Waals surface area contributed by atoms with Gasteiger partial charge in [0.25, 0.3) is 0 Å². The molecule has 33 heavy (non-hydrogen) atoms. The Bertz CT molecular complexity index is 973. The van der Waals surface area contributed by atoms with Crippen molar-refractivity contribution in [3.8, 4) is 11.5 Å². The smallest absolute Gasteiger partial charge is 0.325 e. The van der Waals surface area contributed by atoms with Crippen LogP contribution in [0.2, 0.25) is 0 Å². The van der Waals surface area contributed by atoms with Crippen LogP contribution in [0.1, 0.15) is 17.7 Å². The third-order valence-corrected chi connectivity index (χ3v) is 6.57. The molecule has 0 atom stereocenters. The first-order valence-corrected chi connectivity index (χ1v) is 12.0. The van der Waals surface area contributed by atoms with Gasteiger partial charge in [-0.1, -0.05) is 6.07 Å². The van der Waals surface area contributed by atoms with Crippen molar-refractivity contribution >= 4 is 34.9 Å². The summed E-state index contributed by atoms with van der Waals surface area (Å²) < 4.78 is 10.9. The summed E-state index contributed by atoms with van der Waals surface area (Å²) in [7, 11) is 0. The number of thiophene rings is 1. The number of fused-ring (bicyclic) bond motifs is 1. The van der Waals surface area contributed by atoms with Crippen LogP contribution in [0.3, 0.4) is 0 Å². The van der Waals surface area contributed by atoms with E-state index in [4.69, 9.17) is 9.47 Å². The molecule has 3 N–H and O–H groups in total. The topological polar surface area (TPSA) is 109 Å². The molecule has 2 aromatic rings. The predicted molar refractivity (Wildman–Crippen MR) is 125 cm³/mol. The zero-order valence-electron chi connectivity index (χ0n) is 18.3. The molecule has 4 rings (SSSR count). The van der Waals surface area contributed by atoms with Crippen molar-refractivity contribution in [2.45, 2.75) is 19.3 Å². The lowest BCUT2D eigenvalue weighted by atomic mass is 9.96. The Balaban J connectivity index is 1.14. The minimum atomic E-state index is -0.600. The van der Waals surface area contributed by atoms with E-state index in [1.807, 2.05) is 16.3 Å². The highest BCUT2D eigenvalue weighted by Gasteiger charge is 2.26. The zero-order valence-corrected chi connectivity index (χ0v) is 19.1. The van der Waals surface area contributed by atoms with E-state index in [1.54, 1.807) is 29.5 Å². The number of benzene rings is 1. The number of urea groups is 1. The Morgan fingerprint density at radius 3 is 2.61 bits per heavy atom. The average Bonchev–Trinajstić information content (AvgIpc) is 3.33. The van der Waals surface area contributed by atoms with Crippen LogP contribution < -0.4 is 25.4 Å². The lowest BCUT2D eigenvalue weighted by Gasteiger charge is -2.30. The SMILES string of the molecule is O=C(CN1CCC(C(=O)NCCc2cccs2)CC1)NC(=O)Nc1ccc2c(c1)OCCO2. The molecule has 176 valence electrons. The number of carbonyl (C=O) groups is 3. The lowest BCUT2D eigenvalue weighted by molar-refractivity contribution is -0.126.